The second kappa shape index (κ2) is 5.75. The zero-order valence-corrected chi connectivity index (χ0v) is 12.2. The van der Waals surface area contributed by atoms with Gasteiger partial charge in [-0.3, -0.25) is 0 Å². The van der Waals surface area contributed by atoms with Crippen molar-refractivity contribution < 1.29 is 0 Å². The zero-order valence-electron chi connectivity index (χ0n) is 12.2. The maximum atomic E-state index is 6.07. The Labute approximate surface area is 119 Å². The summed E-state index contributed by atoms with van der Waals surface area (Å²) in [5.74, 6) is 1.17. The normalized spacial score (nSPS) is 10.7. The molecule has 106 valence electrons. The number of anilines is 4. The molecule has 6 heteroatoms. The maximum absolute atomic E-state index is 6.07. The summed E-state index contributed by atoms with van der Waals surface area (Å²) in [4.78, 5) is 8.31. The molecule has 0 spiro atoms. The molecule has 1 heterocycles. The Balaban J connectivity index is 2.27. The second-order valence-electron chi connectivity index (χ2n) is 4.91. The van der Waals surface area contributed by atoms with Gasteiger partial charge in [-0.05, 0) is 37.1 Å². The van der Waals surface area contributed by atoms with Crippen LogP contribution in [0.25, 0.3) is 0 Å². The van der Waals surface area contributed by atoms with E-state index in [4.69, 9.17) is 5.73 Å². The molecule has 0 amide bonds. The number of nitrogens with two attached hydrogens (primary N) is 1. The van der Waals surface area contributed by atoms with Crippen molar-refractivity contribution in [2.24, 2.45) is 0 Å². The summed E-state index contributed by atoms with van der Waals surface area (Å²) < 4.78 is 0. The third-order valence-corrected chi connectivity index (χ3v) is 2.98. The van der Waals surface area contributed by atoms with Crippen molar-refractivity contribution in [2.45, 2.75) is 13.8 Å². The van der Waals surface area contributed by atoms with Gasteiger partial charge in [-0.1, -0.05) is 6.07 Å². The van der Waals surface area contributed by atoms with E-state index < -0.39 is 0 Å². The molecule has 0 aliphatic rings. The summed E-state index contributed by atoms with van der Waals surface area (Å²) in [6.45, 7) is 4.15. The van der Waals surface area contributed by atoms with E-state index in [9.17, 15) is 0 Å². The largest absolute Gasteiger partial charge is 0.393 e. The van der Waals surface area contributed by atoms with Crippen LogP contribution in [0.4, 0.5) is 23.0 Å². The molecule has 1 aromatic carbocycles. The van der Waals surface area contributed by atoms with E-state index in [2.05, 4.69) is 46.7 Å². The molecular weight excluding hydrogens is 252 g/mol. The molecule has 0 aliphatic heterocycles. The lowest BCUT2D eigenvalue weighted by Gasteiger charge is -2.16. The molecule has 0 atom stereocenters. The number of nitrogens with one attached hydrogen (secondary N) is 2. The van der Waals surface area contributed by atoms with Crippen LogP contribution in [0.2, 0.25) is 0 Å². The van der Waals surface area contributed by atoms with Gasteiger partial charge in [0.05, 0.1) is 0 Å². The fourth-order valence-corrected chi connectivity index (χ4v) is 1.75. The van der Waals surface area contributed by atoms with Crippen LogP contribution in [0.3, 0.4) is 0 Å². The highest BCUT2D eigenvalue weighted by molar-refractivity contribution is 5.77. The Morgan fingerprint density at radius 3 is 2.40 bits per heavy atom. The zero-order chi connectivity index (χ0) is 14.7. The number of nitrogen functional groups attached to an aromatic ring is 1. The van der Waals surface area contributed by atoms with E-state index >= 15 is 0 Å². The van der Waals surface area contributed by atoms with Crippen LogP contribution in [0.5, 0.6) is 0 Å². The third kappa shape index (κ3) is 3.16. The van der Waals surface area contributed by atoms with Crippen LogP contribution in [-0.2, 0) is 0 Å². The summed E-state index contributed by atoms with van der Waals surface area (Å²) in [5, 5.41) is 5.00. The third-order valence-electron chi connectivity index (χ3n) is 2.98. The van der Waals surface area contributed by atoms with Gasteiger partial charge in [0.25, 0.3) is 0 Å². The van der Waals surface area contributed by atoms with Gasteiger partial charge in [0.1, 0.15) is 12.0 Å². The van der Waals surface area contributed by atoms with Crippen LogP contribution in [-0.4, -0.2) is 29.1 Å². The minimum atomic E-state index is 0.486. The number of hydrogen-bond donors (Lipinski definition) is 3. The van der Waals surface area contributed by atoms with Gasteiger partial charge in [0, 0.05) is 19.8 Å². The lowest BCUT2D eigenvalue weighted by Crippen LogP contribution is -2.21. The number of nitrogens with zero attached hydrogens (tertiary/aromatic N) is 3. The molecule has 2 aromatic rings. The predicted molar refractivity (Wildman–Crippen MR) is 83.0 cm³/mol. The van der Waals surface area contributed by atoms with E-state index in [-0.39, 0.29) is 0 Å². The first-order valence-corrected chi connectivity index (χ1v) is 6.36. The molecule has 2 rings (SSSR count). The number of aromatic nitrogens is 2. The number of hydrazine groups is 1. The van der Waals surface area contributed by atoms with Crippen molar-refractivity contribution >= 4 is 23.0 Å². The number of rotatable bonds is 4. The molecule has 20 heavy (non-hydrogen) atoms. The summed E-state index contributed by atoms with van der Waals surface area (Å²) in [6, 6.07) is 6.13. The van der Waals surface area contributed by atoms with Crippen LogP contribution < -0.4 is 16.5 Å². The number of aryl methyl sites for hydroxylation is 2. The van der Waals surface area contributed by atoms with Gasteiger partial charge in [0.15, 0.2) is 11.6 Å². The van der Waals surface area contributed by atoms with Gasteiger partial charge in [-0.25, -0.2) is 15.0 Å². The molecule has 0 fully saturated rings. The molecule has 6 nitrogen and oxygen atoms in total. The van der Waals surface area contributed by atoms with Crippen molar-refractivity contribution in [3.63, 3.8) is 0 Å². The summed E-state index contributed by atoms with van der Waals surface area (Å²) in [7, 11) is 3.75. The van der Waals surface area contributed by atoms with E-state index in [1.54, 1.807) is 5.01 Å². The van der Waals surface area contributed by atoms with Gasteiger partial charge in [0.2, 0.25) is 0 Å². The molecule has 0 radical (unpaired) electrons. The Morgan fingerprint density at radius 1 is 1.05 bits per heavy atom. The van der Waals surface area contributed by atoms with E-state index in [0.717, 1.165) is 5.69 Å². The van der Waals surface area contributed by atoms with Crippen LogP contribution in [0, 0.1) is 13.8 Å². The van der Waals surface area contributed by atoms with Crippen molar-refractivity contribution in [1.82, 2.24) is 15.0 Å². The number of hydrogen-bond acceptors (Lipinski definition) is 6. The fraction of sp³-hybridized carbons (Fsp3) is 0.286. The molecule has 0 saturated carbocycles. The second-order valence-corrected chi connectivity index (χ2v) is 4.91. The quantitative estimate of drug-likeness (QED) is 0.741. The van der Waals surface area contributed by atoms with Crippen molar-refractivity contribution in [3.05, 3.63) is 35.7 Å². The molecule has 0 unspecified atom stereocenters. The van der Waals surface area contributed by atoms with E-state index in [1.165, 1.54) is 17.5 Å². The molecule has 4 N–H and O–H groups in total. The van der Waals surface area contributed by atoms with E-state index in [0.29, 0.717) is 17.3 Å². The molecule has 0 saturated heterocycles. The van der Waals surface area contributed by atoms with Gasteiger partial charge < -0.3 is 16.5 Å². The van der Waals surface area contributed by atoms with Crippen LogP contribution in [0.1, 0.15) is 11.1 Å². The highest BCUT2D eigenvalue weighted by Gasteiger charge is 2.09. The summed E-state index contributed by atoms with van der Waals surface area (Å²) in [6.07, 6.45) is 1.48. The number of benzene rings is 1. The first-order chi connectivity index (χ1) is 9.47. The lowest BCUT2D eigenvalue weighted by molar-refractivity contribution is 0.492. The molecular formula is C14H20N6. The average Bonchev–Trinajstić information content (AvgIpc) is 2.38. The van der Waals surface area contributed by atoms with Gasteiger partial charge in [-0.15, -0.1) is 0 Å². The lowest BCUT2D eigenvalue weighted by atomic mass is 10.1. The first kappa shape index (κ1) is 14.1. The Kier molecular flexibility index (Phi) is 4.05. The van der Waals surface area contributed by atoms with Crippen molar-refractivity contribution in [2.75, 3.05) is 30.6 Å². The molecule has 1 aromatic heterocycles. The standard InChI is InChI=1S/C14H20N6/c1-9-5-6-11(7-10(9)2)18-13-12(15)14(17-8-16-13)19-20(3)4/h5-8H,15H2,1-4H3,(H2,16,17,18,19). The van der Waals surface area contributed by atoms with Crippen LogP contribution in [0.15, 0.2) is 24.5 Å². The Morgan fingerprint density at radius 2 is 1.75 bits per heavy atom. The van der Waals surface area contributed by atoms with Crippen molar-refractivity contribution in [1.29, 1.82) is 0 Å². The summed E-state index contributed by atoms with van der Waals surface area (Å²) >= 11 is 0. The molecule has 0 bridgehead atoms. The minimum Gasteiger partial charge on any atom is -0.393 e. The Hall–Kier alpha value is -2.34. The Bertz CT molecular complexity index is 609. The minimum absolute atomic E-state index is 0.486. The van der Waals surface area contributed by atoms with Crippen molar-refractivity contribution in [3.8, 4) is 0 Å². The topological polar surface area (TPSA) is 79.1 Å². The van der Waals surface area contributed by atoms with Gasteiger partial charge >= 0.3 is 0 Å². The highest BCUT2D eigenvalue weighted by atomic mass is 15.5. The highest BCUT2D eigenvalue weighted by Crippen LogP contribution is 2.26. The molecule has 0 aliphatic carbocycles. The monoisotopic (exact) mass is 272 g/mol. The summed E-state index contributed by atoms with van der Waals surface area (Å²) in [5.41, 5.74) is 13.0. The predicted octanol–water partition coefficient (Wildman–Crippen LogP) is 2.31. The van der Waals surface area contributed by atoms with E-state index in [1.807, 2.05) is 20.2 Å². The SMILES string of the molecule is Cc1ccc(Nc2ncnc(NN(C)C)c2N)cc1C. The van der Waals surface area contributed by atoms with Crippen LogP contribution >= 0.6 is 0 Å². The maximum Gasteiger partial charge on any atom is 0.169 e. The van der Waals surface area contributed by atoms with Gasteiger partial charge in [-0.2, -0.15) is 0 Å². The average molecular weight is 272 g/mol. The fourth-order valence-electron chi connectivity index (χ4n) is 1.75. The first-order valence-electron chi connectivity index (χ1n) is 6.36. The smallest absolute Gasteiger partial charge is 0.169 e.